The fourth-order valence-electron chi connectivity index (χ4n) is 3.06. The molecule has 1 saturated heterocycles. The van der Waals surface area contributed by atoms with Crippen molar-refractivity contribution in [2.24, 2.45) is 0 Å². The first-order valence-corrected chi connectivity index (χ1v) is 8.61. The molecule has 0 spiro atoms. The van der Waals surface area contributed by atoms with Crippen molar-refractivity contribution in [1.29, 1.82) is 0 Å². The van der Waals surface area contributed by atoms with Crippen LogP contribution in [0.25, 0.3) is 0 Å². The van der Waals surface area contributed by atoms with Gasteiger partial charge in [0.2, 0.25) is 11.6 Å². The summed E-state index contributed by atoms with van der Waals surface area (Å²) in [5, 5.41) is 23.8. The Labute approximate surface area is 156 Å². The van der Waals surface area contributed by atoms with Gasteiger partial charge in [-0.3, -0.25) is 15.0 Å². The number of hydrogen-bond acceptors (Lipinski definition) is 9. The lowest BCUT2D eigenvalue weighted by Crippen LogP contribution is -2.47. The number of ether oxygens (including phenoxy) is 1. The smallest absolute Gasteiger partial charge is 0.353 e. The van der Waals surface area contributed by atoms with Gasteiger partial charge < -0.3 is 20.1 Å². The Balaban J connectivity index is 1.88. The molecule has 144 valence electrons. The van der Waals surface area contributed by atoms with E-state index in [4.69, 9.17) is 9.84 Å². The fourth-order valence-corrected chi connectivity index (χ4v) is 3.06. The number of para-hydroxylation sites is 2. The second-order valence-corrected chi connectivity index (χ2v) is 6.03. The molecule has 0 amide bonds. The molecule has 10 heteroatoms. The van der Waals surface area contributed by atoms with Crippen LogP contribution in [0.2, 0.25) is 0 Å². The summed E-state index contributed by atoms with van der Waals surface area (Å²) in [4.78, 5) is 23.6. The Morgan fingerprint density at radius 1 is 1.26 bits per heavy atom. The van der Waals surface area contributed by atoms with Crippen LogP contribution >= 0.6 is 0 Å². The highest BCUT2D eigenvalue weighted by molar-refractivity contribution is 5.76. The van der Waals surface area contributed by atoms with Gasteiger partial charge in [0.15, 0.2) is 0 Å². The van der Waals surface area contributed by atoms with E-state index in [9.17, 15) is 10.1 Å². The Morgan fingerprint density at radius 2 is 2.00 bits per heavy atom. The number of aliphatic hydroxyl groups is 1. The van der Waals surface area contributed by atoms with Crippen molar-refractivity contribution in [3.05, 3.63) is 40.7 Å². The number of aliphatic hydroxyl groups excluding tert-OH is 1. The molecule has 10 nitrogen and oxygen atoms in total. The molecular formula is C17H22N6O4. The molecule has 2 aromatic rings. The van der Waals surface area contributed by atoms with E-state index in [1.165, 1.54) is 13.4 Å². The van der Waals surface area contributed by atoms with Crippen LogP contribution in [0.4, 0.5) is 23.0 Å². The number of piperazine rings is 1. The molecule has 2 N–H and O–H groups in total. The lowest BCUT2D eigenvalue weighted by atomic mass is 10.2. The molecule has 1 fully saturated rings. The predicted molar refractivity (Wildman–Crippen MR) is 101 cm³/mol. The van der Waals surface area contributed by atoms with E-state index in [-0.39, 0.29) is 23.9 Å². The summed E-state index contributed by atoms with van der Waals surface area (Å²) in [6.45, 7) is 3.28. The van der Waals surface area contributed by atoms with Gasteiger partial charge in [-0.2, -0.15) is 0 Å². The largest absolute Gasteiger partial charge is 0.495 e. The molecule has 0 aliphatic carbocycles. The number of nitrogens with zero attached hydrogens (tertiary/aromatic N) is 5. The van der Waals surface area contributed by atoms with Gasteiger partial charge in [0.05, 0.1) is 24.3 Å². The summed E-state index contributed by atoms with van der Waals surface area (Å²) in [7, 11) is 1.53. The molecular weight excluding hydrogens is 352 g/mol. The van der Waals surface area contributed by atoms with E-state index < -0.39 is 4.92 Å². The van der Waals surface area contributed by atoms with Crippen molar-refractivity contribution in [2.75, 3.05) is 56.7 Å². The van der Waals surface area contributed by atoms with Crippen LogP contribution < -0.4 is 15.0 Å². The molecule has 2 heterocycles. The highest BCUT2D eigenvalue weighted by Crippen LogP contribution is 2.36. The molecule has 1 aliphatic rings. The van der Waals surface area contributed by atoms with Gasteiger partial charge >= 0.3 is 5.69 Å². The summed E-state index contributed by atoms with van der Waals surface area (Å²) in [5.41, 5.74) is 0.416. The van der Waals surface area contributed by atoms with Gasteiger partial charge in [-0.1, -0.05) is 12.1 Å². The first-order chi connectivity index (χ1) is 13.1. The Bertz CT molecular complexity index is 795. The molecule has 1 aliphatic heterocycles. The molecule has 0 unspecified atom stereocenters. The SMILES string of the molecule is COc1ccccc1Nc1ncnc(N2CCN(CCO)CC2)c1[N+](=O)[O-]. The maximum absolute atomic E-state index is 11.8. The third-order valence-corrected chi connectivity index (χ3v) is 4.43. The van der Waals surface area contributed by atoms with Crippen LogP contribution in [0.5, 0.6) is 5.75 Å². The normalized spacial score (nSPS) is 14.8. The van der Waals surface area contributed by atoms with Crippen molar-refractivity contribution in [3.8, 4) is 5.75 Å². The van der Waals surface area contributed by atoms with Gasteiger partial charge in [-0.15, -0.1) is 0 Å². The Hall–Kier alpha value is -2.98. The van der Waals surface area contributed by atoms with Crippen molar-refractivity contribution in [1.82, 2.24) is 14.9 Å². The zero-order valence-corrected chi connectivity index (χ0v) is 15.0. The number of nitrogens with one attached hydrogen (secondary N) is 1. The zero-order chi connectivity index (χ0) is 19.2. The zero-order valence-electron chi connectivity index (χ0n) is 15.0. The third kappa shape index (κ3) is 4.23. The average Bonchev–Trinajstić information content (AvgIpc) is 2.69. The van der Waals surface area contributed by atoms with Gasteiger partial charge in [0.1, 0.15) is 12.1 Å². The summed E-state index contributed by atoms with van der Waals surface area (Å²) in [6.07, 6.45) is 1.32. The van der Waals surface area contributed by atoms with Gasteiger partial charge in [0, 0.05) is 32.7 Å². The Morgan fingerprint density at radius 3 is 2.67 bits per heavy atom. The summed E-state index contributed by atoms with van der Waals surface area (Å²) in [6, 6.07) is 7.14. The Kier molecular flexibility index (Phi) is 5.99. The molecule has 0 radical (unpaired) electrons. The number of aromatic nitrogens is 2. The number of hydrogen-bond donors (Lipinski definition) is 2. The van der Waals surface area contributed by atoms with E-state index in [1.807, 2.05) is 11.0 Å². The monoisotopic (exact) mass is 374 g/mol. The van der Waals surface area contributed by atoms with Crippen molar-refractivity contribution < 1.29 is 14.8 Å². The van der Waals surface area contributed by atoms with Crippen LogP contribution in [0.15, 0.2) is 30.6 Å². The molecule has 27 heavy (non-hydrogen) atoms. The van der Waals surface area contributed by atoms with Crippen LogP contribution in [-0.4, -0.2) is 71.3 Å². The van der Waals surface area contributed by atoms with Crippen molar-refractivity contribution in [2.45, 2.75) is 0 Å². The summed E-state index contributed by atoms with van der Waals surface area (Å²) >= 11 is 0. The first kappa shape index (κ1) is 18.8. The number of methoxy groups -OCH3 is 1. The van der Waals surface area contributed by atoms with Crippen LogP contribution in [0, 0.1) is 10.1 Å². The van der Waals surface area contributed by atoms with Gasteiger partial charge in [-0.25, -0.2) is 9.97 Å². The molecule has 0 saturated carbocycles. The number of benzene rings is 1. The van der Waals surface area contributed by atoms with Crippen LogP contribution in [0.3, 0.4) is 0 Å². The van der Waals surface area contributed by atoms with E-state index in [0.717, 1.165) is 0 Å². The maximum Gasteiger partial charge on any atom is 0.353 e. The summed E-state index contributed by atoms with van der Waals surface area (Å²) < 4.78 is 5.29. The standard InChI is InChI=1S/C17H22N6O4/c1-27-14-5-3-2-4-13(14)20-16-15(23(25)26)17(19-12-18-16)22-8-6-21(7-9-22)10-11-24/h2-5,12,24H,6-11H2,1H3,(H,18,19,20). The van der Waals surface area contributed by atoms with E-state index in [1.54, 1.807) is 18.2 Å². The van der Waals surface area contributed by atoms with Crippen LogP contribution in [-0.2, 0) is 0 Å². The van der Waals surface area contributed by atoms with E-state index >= 15 is 0 Å². The van der Waals surface area contributed by atoms with E-state index in [2.05, 4.69) is 20.2 Å². The van der Waals surface area contributed by atoms with Crippen molar-refractivity contribution in [3.63, 3.8) is 0 Å². The minimum atomic E-state index is -0.465. The van der Waals surface area contributed by atoms with Gasteiger partial charge in [0.25, 0.3) is 0 Å². The number of nitro groups is 1. The number of β-amino-alcohol motifs (C(OH)–C–C–N with tert-alkyl or cyclic N) is 1. The summed E-state index contributed by atoms with van der Waals surface area (Å²) in [5.74, 6) is 0.966. The highest BCUT2D eigenvalue weighted by atomic mass is 16.6. The van der Waals surface area contributed by atoms with Gasteiger partial charge in [-0.05, 0) is 12.1 Å². The third-order valence-electron chi connectivity index (χ3n) is 4.43. The first-order valence-electron chi connectivity index (χ1n) is 8.61. The lowest BCUT2D eigenvalue weighted by Gasteiger charge is -2.34. The minimum Gasteiger partial charge on any atom is -0.495 e. The van der Waals surface area contributed by atoms with Crippen molar-refractivity contribution >= 4 is 23.0 Å². The average molecular weight is 374 g/mol. The topological polar surface area (TPSA) is 117 Å². The molecule has 3 rings (SSSR count). The fraction of sp³-hybridized carbons (Fsp3) is 0.412. The highest BCUT2D eigenvalue weighted by Gasteiger charge is 2.29. The minimum absolute atomic E-state index is 0.0978. The number of rotatable bonds is 7. The molecule has 0 atom stereocenters. The number of anilines is 3. The lowest BCUT2D eigenvalue weighted by molar-refractivity contribution is -0.383. The van der Waals surface area contributed by atoms with E-state index in [0.29, 0.717) is 44.2 Å². The maximum atomic E-state index is 11.8. The second-order valence-electron chi connectivity index (χ2n) is 6.03. The quantitative estimate of drug-likeness (QED) is 0.545. The van der Waals surface area contributed by atoms with Crippen LogP contribution in [0.1, 0.15) is 0 Å². The predicted octanol–water partition coefficient (Wildman–Crippen LogP) is 1.25. The molecule has 1 aromatic carbocycles. The molecule has 0 bridgehead atoms. The molecule has 1 aromatic heterocycles. The second kappa shape index (κ2) is 8.60.